The molecule has 0 bridgehead atoms. The number of hydrogen-bond acceptors (Lipinski definition) is 4. The molecule has 2 N–H and O–H groups in total. The number of rotatable bonds is 3. The zero-order valence-electron chi connectivity index (χ0n) is 12.5. The van der Waals surface area contributed by atoms with Gasteiger partial charge in [-0.25, -0.2) is 4.98 Å². The Balaban J connectivity index is 1.81. The second-order valence-electron chi connectivity index (χ2n) is 5.77. The highest BCUT2D eigenvalue weighted by Gasteiger charge is 2.20. The molecule has 1 aromatic heterocycles. The van der Waals surface area contributed by atoms with Crippen LogP contribution in [-0.4, -0.2) is 24.2 Å². The van der Waals surface area contributed by atoms with Crippen molar-refractivity contribution in [2.24, 2.45) is 0 Å². The van der Waals surface area contributed by atoms with Crippen LogP contribution in [0.15, 0.2) is 36.5 Å². The van der Waals surface area contributed by atoms with Crippen molar-refractivity contribution in [2.75, 3.05) is 24.3 Å². The van der Waals surface area contributed by atoms with Crippen molar-refractivity contribution in [3.8, 4) is 5.75 Å². The predicted molar refractivity (Wildman–Crippen MR) is 86.0 cm³/mol. The van der Waals surface area contributed by atoms with E-state index in [1.807, 2.05) is 43.4 Å². The molecule has 2 aromatic rings. The maximum Gasteiger partial charge on any atom is 0.128 e. The monoisotopic (exact) mass is 283 g/mol. The molecule has 1 aliphatic carbocycles. The summed E-state index contributed by atoms with van der Waals surface area (Å²) < 4.78 is 0. The molecule has 1 heterocycles. The molecule has 1 aromatic carbocycles. The molecule has 0 saturated heterocycles. The van der Waals surface area contributed by atoms with Gasteiger partial charge in [0.25, 0.3) is 0 Å². The van der Waals surface area contributed by atoms with E-state index >= 15 is 0 Å². The quantitative estimate of drug-likeness (QED) is 0.907. The molecular weight excluding hydrogens is 262 g/mol. The van der Waals surface area contributed by atoms with Gasteiger partial charge in [0.2, 0.25) is 0 Å². The van der Waals surface area contributed by atoms with Crippen LogP contribution in [0.1, 0.15) is 30.0 Å². The van der Waals surface area contributed by atoms with Gasteiger partial charge in [0.05, 0.1) is 17.9 Å². The molecule has 0 aliphatic heterocycles. The first-order chi connectivity index (χ1) is 10.1. The first-order valence-corrected chi connectivity index (χ1v) is 7.35. The van der Waals surface area contributed by atoms with Crippen LogP contribution in [0.3, 0.4) is 0 Å². The fraction of sp³-hybridized carbons (Fsp3) is 0.353. The van der Waals surface area contributed by atoms with Crippen LogP contribution in [0.2, 0.25) is 0 Å². The number of aromatic hydroxyl groups is 1. The lowest BCUT2D eigenvalue weighted by atomic mass is 9.87. The van der Waals surface area contributed by atoms with Crippen LogP contribution in [0, 0.1) is 0 Å². The Morgan fingerprint density at radius 3 is 2.81 bits per heavy atom. The maximum atomic E-state index is 9.72. The minimum Gasteiger partial charge on any atom is -0.508 e. The van der Waals surface area contributed by atoms with Crippen LogP contribution in [0.4, 0.5) is 11.5 Å². The second-order valence-corrected chi connectivity index (χ2v) is 5.77. The fourth-order valence-electron chi connectivity index (χ4n) is 2.87. The normalized spacial score (nSPS) is 17.1. The Kier molecular flexibility index (Phi) is 3.69. The van der Waals surface area contributed by atoms with Gasteiger partial charge in [-0.05, 0) is 54.7 Å². The lowest BCUT2D eigenvalue weighted by Crippen LogP contribution is -2.17. The Morgan fingerprint density at radius 1 is 1.24 bits per heavy atom. The van der Waals surface area contributed by atoms with Gasteiger partial charge in [0.15, 0.2) is 0 Å². The third kappa shape index (κ3) is 2.94. The molecule has 4 nitrogen and oxygen atoms in total. The highest BCUT2D eigenvalue weighted by atomic mass is 16.3. The minimum atomic E-state index is 0.243. The minimum absolute atomic E-state index is 0.243. The van der Waals surface area contributed by atoms with Gasteiger partial charge in [0.1, 0.15) is 11.6 Å². The molecule has 0 fully saturated rings. The summed E-state index contributed by atoms with van der Waals surface area (Å²) in [7, 11) is 3.96. The Labute approximate surface area is 125 Å². The molecule has 1 aliphatic rings. The molecule has 21 heavy (non-hydrogen) atoms. The third-order valence-corrected chi connectivity index (χ3v) is 3.99. The summed E-state index contributed by atoms with van der Waals surface area (Å²) in [5.74, 6) is 1.28. The summed E-state index contributed by atoms with van der Waals surface area (Å²) in [6.07, 6.45) is 5.20. The van der Waals surface area contributed by atoms with E-state index in [4.69, 9.17) is 0 Å². The van der Waals surface area contributed by atoms with Gasteiger partial charge in [-0.1, -0.05) is 6.07 Å². The molecule has 1 atom stereocenters. The maximum absolute atomic E-state index is 9.72. The van der Waals surface area contributed by atoms with Crippen LogP contribution >= 0.6 is 0 Å². The number of benzene rings is 1. The van der Waals surface area contributed by atoms with Gasteiger partial charge < -0.3 is 15.3 Å². The van der Waals surface area contributed by atoms with Gasteiger partial charge >= 0.3 is 0 Å². The number of anilines is 2. The highest BCUT2D eigenvalue weighted by Crippen LogP contribution is 2.34. The molecule has 110 valence electrons. The van der Waals surface area contributed by atoms with Crippen molar-refractivity contribution in [2.45, 2.75) is 25.3 Å². The first-order valence-electron chi connectivity index (χ1n) is 7.35. The van der Waals surface area contributed by atoms with Crippen molar-refractivity contribution in [3.63, 3.8) is 0 Å². The van der Waals surface area contributed by atoms with Gasteiger partial charge in [0, 0.05) is 14.1 Å². The molecule has 0 saturated carbocycles. The van der Waals surface area contributed by atoms with Gasteiger partial charge in [-0.3, -0.25) is 0 Å². The average Bonchev–Trinajstić information content (AvgIpc) is 2.48. The van der Waals surface area contributed by atoms with E-state index in [0.29, 0.717) is 5.75 Å². The fourth-order valence-corrected chi connectivity index (χ4v) is 2.87. The molecule has 3 rings (SSSR count). The van der Waals surface area contributed by atoms with E-state index in [1.54, 1.807) is 6.07 Å². The summed E-state index contributed by atoms with van der Waals surface area (Å²) >= 11 is 0. The number of hydrogen-bond donors (Lipinski definition) is 2. The summed E-state index contributed by atoms with van der Waals surface area (Å²) in [6.45, 7) is 0. The van der Waals surface area contributed by atoms with Crippen LogP contribution < -0.4 is 10.2 Å². The first kappa shape index (κ1) is 13.7. The van der Waals surface area contributed by atoms with Gasteiger partial charge in [-0.15, -0.1) is 0 Å². The summed E-state index contributed by atoms with van der Waals surface area (Å²) in [5.41, 5.74) is 3.55. The molecule has 0 amide bonds. The highest BCUT2D eigenvalue weighted by molar-refractivity contribution is 5.51. The number of nitrogens with zero attached hydrogens (tertiary/aromatic N) is 2. The molecule has 0 radical (unpaired) electrons. The average molecular weight is 283 g/mol. The third-order valence-electron chi connectivity index (χ3n) is 3.99. The lowest BCUT2D eigenvalue weighted by Gasteiger charge is -2.27. The van der Waals surface area contributed by atoms with Crippen LogP contribution in [0.25, 0.3) is 0 Å². The van der Waals surface area contributed by atoms with Crippen molar-refractivity contribution >= 4 is 11.5 Å². The predicted octanol–water partition coefficient (Wildman–Crippen LogP) is 3.34. The summed E-state index contributed by atoms with van der Waals surface area (Å²) in [5, 5.41) is 13.3. The number of aromatic nitrogens is 1. The van der Waals surface area contributed by atoms with E-state index in [0.717, 1.165) is 24.3 Å². The van der Waals surface area contributed by atoms with Crippen molar-refractivity contribution in [1.29, 1.82) is 0 Å². The Hall–Kier alpha value is -2.23. The van der Waals surface area contributed by atoms with E-state index in [2.05, 4.69) is 16.4 Å². The van der Waals surface area contributed by atoms with Crippen molar-refractivity contribution in [3.05, 3.63) is 47.7 Å². The Morgan fingerprint density at radius 2 is 2.10 bits per heavy atom. The number of phenols is 1. The summed E-state index contributed by atoms with van der Waals surface area (Å²) in [6, 6.07) is 10.00. The van der Waals surface area contributed by atoms with E-state index in [-0.39, 0.29) is 6.04 Å². The Bertz CT molecular complexity index is 622. The standard InChI is InChI=1S/C17H21N3O/c1-20(2)17-9-7-13(11-18-17)19-16-5-3-4-12-6-8-14(21)10-15(12)16/h6-11,16,19,21H,3-5H2,1-2H3. The van der Waals surface area contributed by atoms with E-state index < -0.39 is 0 Å². The van der Waals surface area contributed by atoms with Gasteiger partial charge in [-0.2, -0.15) is 0 Å². The SMILES string of the molecule is CN(C)c1ccc(NC2CCCc3ccc(O)cc32)cn1. The molecule has 0 spiro atoms. The topological polar surface area (TPSA) is 48.4 Å². The number of aryl methyl sites for hydroxylation is 1. The second kappa shape index (κ2) is 5.64. The lowest BCUT2D eigenvalue weighted by molar-refractivity contribution is 0.471. The number of pyridine rings is 1. The van der Waals surface area contributed by atoms with E-state index in [9.17, 15) is 5.11 Å². The largest absolute Gasteiger partial charge is 0.508 e. The molecule has 1 unspecified atom stereocenters. The van der Waals surface area contributed by atoms with Crippen LogP contribution in [0.5, 0.6) is 5.75 Å². The smallest absolute Gasteiger partial charge is 0.128 e. The molecule has 4 heteroatoms. The van der Waals surface area contributed by atoms with E-state index in [1.165, 1.54) is 17.5 Å². The number of phenolic OH excluding ortho intramolecular Hbond substituents is 1. The summed E-state index contributed by atoms with van der Waals surface area (Å²) in [4.78, 5) is 6.42. The van der Waals surface area contributed by atoms with Crippen molar-refractivity contribution < 1.29 is 5.11 Å². The van der Waals surface area contributed by atoms with Crippen LogP contribution in [-0.2, 0) is 6.42 Å². The van der Waals surface area contributed by atoms with Crippen molar-refractivity contribution in [1.82, 2.24) is 4.98 Å². The zero-order valence-corrected chi connectivity index (χ0v) is 12.5. The molecular formula is C17H21N3O. The number of nitrogens with one attached hydrogen (secondary N) is 1. The zero-order chi connectivity index (χ0) is 14.8. The number of fused-ring (bicyclic) bond motifs is 1.